The van der Waals surface area contributed by atoms with Crippen LogP contribution in [-0.4, -0.2) is 5.12 Å². The molecule has 1 aromatic carbocycles. The Kier molecular flexibility index (Phi) is 4.95. The molecule has 1 aliphatic carbocycles. The standard InChI is InChI=1S/C15H18OS2/c1-11-4-2-3-5-12-8-9-14(15(16)18-17)10-13(12)7-6-11/h2,4,8-11,17H,3,5-7H2,1H3/b4-2-. The Labute approximate surface area is 118 Å². The van der Waals surface area contributed by atoms with Gasteiger partial charge in [0, 0.05) is 5.56 Å². The van der Waals surface area contributed by atoms with E-state index in [1.54, 1.807) is 0 Å². The van der Waals surface area contributed by atoms with Crippen LogP contribution in [0.1, 0.15) is 41.3 Å². The van der Waals surface area contributed by atoms with Gasteiger partial charge in [-0.25, -0.2) is 0 Å². The van der Waals surface area contributed by atoms with Crippen LogP contribution < -0.4 is 0 Å². The van der Waals surface area contributed by atoms with Crippen molar-refractivity contribution in [3.05, 3.63) is 47.0 Å². The molecular formula is C15H18OS2. The van der Waals surface area contributed by atoms with Crippen molar-refractivity contribution < 1.29 is 4.79 Å². The summed E-state index contributed by atoms with van der Waals surface area (Å²) in [5, 5.41) is 0.0344. The predicted molar refractivity (Wildman–Crippen MR) is 82.3 cm³/mol. The van der Waals surface area contributed by atoms with Gasteiger partial charge < -0.3 is 0 Å². The Hall–Kier alpha value is -0.670. The molecule has 1 unspecified atom stereocenters. The minimum absolute atomic E-state index is 0.0344. The van der Waals surface area contributed by atoms with Crippen molar-refractivity contribution >= 4 is 27.6 Å². The van der Waals surface area contributed by atoms with Crippen LogP contribution in [0.5, 0.6) is 0 Å². The quantitative estimate of drug-likeness (QED) is 0.463. The van der Waals surface area contributed by atoms with Gasteiger partial charge in [-0.2, -0.15) is 0 Å². The van der Waals surface area contributed by atoms with Crippen LogP contribution in [0.25, 0.3) is 0 Å². The van der Waals surface area contributed by atoms with Gasteiger partial charge in [-0.1, -0.05) is 31.2 Å². The Balaban J connectivity index is 2.28. The maximum absolute atomic E-state index is 11.7. The molecule has 1 aliphatic rings. The van der Waals surface area contributed by atoms with Crippen LogP contribution in [-0.2, 0) is 12.8 Å². The zero-order chi connectivity index (χ0) is 13.0. The van der Waals surface area contributed by atoms with E-state index in [9.17, 15) is 4.79 Å². The fourth-order valence-electron chi connectivity index (χ4n) is 2.33. The summed E-state index contributed by atoms with van der Waals surface area (Å²) >= 11 is 3.98. The first-order valence-electron chi connectivity index (χ1n) is 6.35. The molecule has 1 aromatic rings. The van der Waals surface area contributed by atoms with Crippen LogP contribution in [0.15, 0.2) is 30.4 Å². The van der Waals surface area contributed by atoms with Gasteiger partial charge in [0.15, 0.2) is 0 Å². The highest BCUT2D eigenvalue weighted by Crippen LogP contribution is 2.23. The number of benzene rings is 1. The molecule has 0 N–H and O–H groups in total. The largest absolute Gasteiger partial charge is 0.281 e. The van der Waals surface area contributed by atoms with Crippen molar-refractivity contribution in [1.29, 1.82) is 0 Å². The van der Waals surface area contributed by atoms with Crippen LogP contribution in [0.4, 0.5) is 0 Å². The van der Waals surface area contributed by atoms with Gasteiger partial charge in [0.25, 0.3) is 0 Å². The number of carbonyl (C=O) groups is 1. The first-order valence-corrected chi connectivity index (χ1v) is 8.22. The monoisotopic (exact) mass is 278 g/mol. The molecule has 2 rings (SSSR count). The Bertz CT molecular complexity index is 466. The molecule has 1 atom stereocenters. The van der Waals surface area contributed by atoms with E-state index in [-0.39, 0.29) is 5.12 Å². The minimum atomic E-state index is 0.0344. The maximum atomic E-state index is 11.7. The molecule has 0 aromatic heterocycles. The van der Waals surface area contributed by atoms with Gasteiger partial charge in [0.1, 0.15) is 0 Å². The minimum Gasteiger partial charge on any atom is -0.281 e. The van der Waals surface area contributed by atoms with Crippen LogP contribution in [0.3, 0.4) is 0 Å². The highest BCUT2D eigenvalue weighted by molar-refractivity contribution is 8.75. The zero-order valence-electron chi connectivity index (χ0n) is 10.6. The smallest absolute Gasteiger partial charge is 0.229 e. The van der Waals surface area contributed by atoms with E-state index in [1.807, 2.05) is 6.07 Å². The van der Waals surface area contributed by atoms with Crippen molar-refractivity contribution in [3.8, 4) is 0 Å². The number of carbonyl (C=O) groups excluding carboxylic acids is 1. The number of thiol groups is 1. The highest BCUT2D eigenvalue weighted by Gasteiger charge is 2.11. The lowest BCUT2D eigenvalue weighted by Crippen LogP contribution is -2.00. The third-order valence-electron chi connectivity index (χ3n) is 3.44. The second-order valence-electron chi connectivity index (χ2n) is 4.85. The molecule has 0 saturated heterocycles. The molecule has 0 aliphatic heterocycles. The second kappa shape index (κ2) is 6.48. The summed E-state index contributed by atoms with van der Waals surface area (Å²) in [6, 6.07) is 6.09. The van der Waals surface area contributed by atoms with E-state index in [1.165, 1.54) is 11.1 Å². The summed E-state index contributed by atoms with van der Waals surface area (Å²) < 4.78 is 0. The lowest BCUT2D eigenvalue weighted by atomic mass is 9.95. The number of allylic oxidation sites excluding steroid dienone is 2. The Morgan fingerprint density at radius 2 is 2.17 bits per heavy atom. The molecule has 0 heterocycles. The van der Waals surface area contributed by atoms with E-state index in [0.717, 1.165) is 42.0 Å². The van der Waals surface area contributed by atoms with E-state index in [4.69, 9.17) is 0 Å². The number of rotatable bonds is 1. The molecule has 0 bridgehead atoms. The topological polar surface area (TPSA) is 17.1 Å². The van der Waals surface area contributed by atoms with Crippen molar-refractivity contribution in [3.63, 3.8) is 0 Å². The summed E-state index contributed by atoms with van der Waals surface area (Å²) in [6.07, 6.45) is 8.95. The molecule has 3 heteroatoms. The molecule has 18 heavy (non-hydrogen) atoms. The van der Waals surface area contributed by atoms with Crippen LogP contribution >= 0.6 is 22.5 Å². The number of fused-ring (bicyclic) bond motifs is 1. The van der Waals surface area contributed by atoms with E-state index in [2.05, 4.69) is 42.9 Å². The van der Waals surface area contributed by atoms with E-state index >= 15 is 0 Å². The Morgan fingerprint density at radius 1 is 1.33 bits per heavy atom. The van der Waals surface area contributed by atoms with Crippen molar-refractivity contribution in [1.82, 2.24) is 0 Å². The summed E-state index contributed by atoms with van der Waals surface area (Å²) in [7, 11) is 0.986. The average molecular weight is 278 g/mol. The number of hydrogen-bond donors (Lipinski definition) is 1. The van der Waals surface area contributed by atoms with Gasteiger partial charge >= 0.3 is 0 Å². The van der Waals surface area contributed by atoms with Gasteiger partial charge in [-0.3, -0.25) is 4.79 Å². The van der Waals surface area contributed by atoms with Gasteiger partial charge in [-0.15, -0.1) is 11.7 Å². The first-order chi connectivity index (χ1) is 8.70. The molecule has 0 spiro atoms. The van der Waals surface area contributed by atoms with Crippen LogP contribution in [0, 0.1) is 5.92 Å². The average Bonchev–Trinajstić information content (AvgIpc) is 2.48. The summed E-state index contributed by atoms with van der Waals surface area (Å²) in [5.41, 5.74) is 3.49. The SMILES string of the molecule is CC1/C=C\CCc2ccc(C(=O)SS)cc2CC1. The van der Waals surface area contributed by atoms with Gasteiger partial charge in [-0.05, 0) is 59.6 Å². The van der Waals surface area contributed by atoms with E-state index < -0.39 is 0 Å². The fraction of sp³-hybridized carbons (Fsp3) is 0.400. The Morgan fingerprint density at radius 3 is 2.94 bits per heavy atom. The second-order valence-corrected chi connectivity index (χ2v) is 5.95. The molecule has 0 saturated carbocycles. The molecule has 96 valence electrons. The number of aryl methyl sites for hydroxylation is 2. The fourth-order valence-corrected chi connectivity index (χ4v) is 2.88. The van der Waals surface area contributed by atoms with Crippen molar-refractivity contribution in [2.45, 2.75) is 32.6 Å². The molecule has 0 radical (unpaired) electrons. The molecule has 0 amide bonds. The summed E-state index contributed by atoms with van der Waals surface area (Å²) in [4.78, 5) is 11.7. The van der Waals surface area contributed by atoms with Crippen LogP contribution in [0.2, 0.25) is 0 Å². The van der Waals surface area contributed by atoms with E-state index in [0.29, 0.717) is 5.92 Å². The highest BCUT2D eigenvalue weighted by atomic mass is 33.1. The summed E-state index contributed by atoms with van der Waals surface area (Å²) in [5.74, 6) is 0.620. The predicted octanol–water partition coefficient (Wildman–Crippen LogP) is 4.48. The molecule has 0 fully saturated rings. The van der Waals surface area contributed by atoms with Crippen molar-refractivity contribution in [2.75, 3.05) is 0 Å². The number of hydrogen-bond acceptors (Lipinski definition) is 3. The lowest BCUT2D eigenvalue weighted by Gasteiger charge is -2.11. The molecule has 1 nitrogen and oxygen atoms in total. The lowest BCUT2D eigenvalue weighted by molar-refractivity contribution is 0.109. The van der Waals surface area contributed by atoms with Gasteiger partial charge in [0.05, 0.1) is 0 Å². The third-order valence-corrected chi connectivity index (χ3v) is 4.34. The van der Waals surface area contributed by atoms with Gasteiger partial charge in [0.2, 0.25) is 5.12 Å². The molecular weight excluding hydrogens is 260 g/mol. The normalized spacial score (nSPS) is 21.3. The zero-order valence-corrected chi connectivity index (χ0v) is 12.3. The third kappa shape index (κ3) is 3.42. The maximum Gasteiger partial charge on any atom is 0.229 e. The first kappa shape index (κ1) is 13.8. The summed E-state index contributed by atoms with van der Waals surface area (Å²) in [6.45, 7) is 2.25. The van der Waals surface area contributed by atoms with Crippen molar-refractivity contribution in [2.24, 2.45) is 5.92 Å².